The lowest BCUT2D eigenvalue weighted by Gasteiger charge is -2.11. The number of amides is 1. The Morgan fingerprint density at radius 1 is 1.29 bits per heavy atom. The summed E-state index contributed by atoms with van der Waals surface area (Å²) in [5, 5.41) is 14.3. The molecule has 0 saturated heterocycles. The van der Waals surface area contributed by atoms with Gasteiger partial charge in [0.1, 0.15) is 11.9 Å². The molecule has 0 aliphatic carbocycles. The number of carbonyl (C=O) groups is 1. The molecular weight excluding hydrogens is 271 g/mol. The highest BCUT2D eigenvalue weighted by molar-refractivity contribution is 5.96. The van der Waals surface area contributed by atoms with Crippen molar-refractivity contribution in [2.75, 3.05) is 18.1 Å². The maximum atomic E-state index is 13.2. The molecule has 21 heavy (non-hydrogen) atoms. The summed E-state index contributed by atoms with van der Waals surface area (Å²) in [6.45, 7) is 0. The van der Waals surface area contributed by atoms with Crippen molar-refractivity contribution in [1.82, 2.24) is 5.32 Å². The summed E-state index contributed by atoms with van der Waals surface area (Å²) in [4.78, 5) is 11.5. The Kier molecular flexibility index (Phi) is 4.05. The molecule has 2 aromatic rings. The monoisotopic (exact) mass is 284 g/mol. The van der Waals surface area contributed by atoms with Gasteiger partial charge in [0.2, 0.25) is 0 Å². The van der Waals surface area contributed by atoms with Gasteiger partial charge in [-0.1, -0.05) is 0 Å². The number of hydrogen-bond donors (Lipinski definition) is 3. The number of nitrogens with zero attached hydrogens (tertiary/aromatic N) is 1. The summed E-state index contributed by atoms with van der Waals surface area (Å²) >= 11 is 0. The van der Waals surface area contributed by atoms with Crippen LogP contribution in [0.3, 0.4) is 0 Å². The summed E-state index contributed by atoms with van der Waals surface area (Å²) in [6, 6.07) is 10.7. The number of hydrogen-bond acceptors (Lipinski definition) is 4. The lowest BCUT2D eigenvalue weighted by Crippen LogP contribution is -2.17. The van der Waals surface area contributed by atoms with Crippen LogP contribution < -0.4 is 16.4 Å². The fraction of sp³-hybridized carbons (Fsp3) is 0.0667. The van der Waals surface area contributed by atoms with Crippen molar-refractivity contribution in [3.63, 3.8) is 0 Å². The molecule has 0 fully saturated rings. The highest BCUT2D eigenvalue weighted by atomic mass is 19.1. The van der Waals surface area contributed by atoms with Gasteiger partial charge >= 0.3 is 0 Å². The Hall–Kier alpha value is -3.07. The van der Waals surface area contributed by atoms with Crippen molar-refractivity contribution in [2.24, 2.45) is 0 Å². The van der Waals surface area contributed by atoms with Gasteiger partial charge in [-0.25, -0.2) is 4.39 Å². The molecule has 0 bridgehead atoms. The highest BCUT2D eigenvalue weighted by Gasteiger charge is 2.08. The standard InChI is InChI=1S/C15H13FN4O/c1-19-15(21)9-2-5-14(13(18)7-9)20-11-3-4-12(16)10(6-11)8-17/h2-7,20H,18H2,1H3,(H,19,21). The molecule has 2 aromatic carbocycles. The van der Waals surface area contributed by atoms with Gasteiger partial charge in [-0.05, 0) is 36.4 Å². The first kappa shape index (κ1) is 14.3. The van der Waals surface area contributed by atoms with Gasteiger partial charge in [0.25, 0.3) is 5.91 Å². The van der Waals surface area contributed by atoms with Crippen molar-refractivity contribution in [1.29, 1.82) is 5.26 Å². The minimum absolute atomic E-state index is 0.0550. The molecule has 6 heteroatoms. The fourth-order valence-electron chi connectivity index (χ4n) is 1.81. The second kappa shape index (κ2) is 5.92. The first-order chi connectivity index (χ1) is 10.0. The van der Waals surface area contributed by atoms with Crippen LogP contribution in [0.25, 0.3) is 0 Å². The number of anilines is 3. The summed E-state index contributed by atoms with van der Waals surface area (Å²) in [5.41, 5.74) is 7.74. The number of halogens is 1. The third-order valence-corrected chi connectivity index (χ3v) is 2.91. The van der Waals surface area contributed by atoms with E-state index in [9.17, 15) is 9.18 Å². The lowest BCUT2D eigenvalue weighted by atomic mass is 10.1. The zero-order valence-electron chi connectivity index (χ0n) is 11.3. The van der Waals surface area contributed by atoms with Crippen LogP contribution in [-0.2, 0) is 0 Å². The predicted molar refractivity (Wildman–Crippen MR) is 78.6 cm³/mol. The van der Waals surface area contributed by atoms with Crippen molar-refractivity contribution < 1.29 is 9.18 Å². The van der Waals surface area contributed by atoms with Crippen LogP contribution in [0.15, 0.2) is 36.4 Å². The van der Waals surface area contributed by atoms with E-state index in [0.29, 0.717) is 22.6 Å². The van der Waals surface area contributed by atoms with Gasteiger partial charge < -0.3 is 16.4 Å². The minimum Gasteiger partial charge on any atom is -0.397 e. The first-order valence-corrected chi connectivity index (χ1v) is 6.13. The van der Waals surface area contributed by atoms with Gasteiger partial charge in [0, 0.05) is 18.3 Å². The number of carbonyl (C=O) groups excluding carboxylic acids is 1. The zero-order valence-corrected chi connectivity index (χ0v) is 11.3. The zero-order chi connectivity index (χ0) is 15.4. The molecule has 0 aromatic heterocycles. The second-order valence-electron chi connectivity index (χ2n) is 4.31. The molecule has 5 nitrogen and oxygen atoms in total. The summed E-state index contributed by atoms with van der Waals surface area (Å²) in [7, 11) is 1.53. The van der Waals surface area contributed by atoms with E-state index in [4.69, 9.17) is 11.0 Å². The van der Waals surface area contributed by atoms with Gasteiger partial charge in [-0.3, -0.25) is 4.79 Å². The van der Waals surface area contributed by atoms with Crippen LogP contribution in [0.1, 0.15) is 15.9 Å². The number of benzene rings is 2. The van der Waals surface area contributed by atoms with Crippen LogP contribution >= 0.6 is 0 Å². The molecule has 2 rings (SSSR count). The Bertz CT molecular complexity index is 737. The second-order valence-corrected chi connectivity index (χ2v) is 4.31. The Labute approximate surface area is 121 Å². The van der Waals surface area contributed by atoms with Gasteiger partial charge in [-0.15, -0.1) is 0 Å². The van der Waals surface area contributed by atoms with E-state index < -0.39 is 5.82 Å². The SMILES string of the molecule is CNC(=O)c1ccc(Nc2ccc(F)c(C#N)c2)c(N)c1. The Morgan fingerprint density at radius 3 is 2.67 bits per heavy atom. The summed E-state index contributed by atoms with van der Waals surface area (Å²) in [5.74, 6) is -0.812. The number of rotatable bonds is 3. The largest absolute Gasteiger partial charge is 0.397 e. The molecule has 0 unspecified atom stereocenters. The lowest BCUT2D eigenvalue weighted by molar-refractivity contribution is 0.0963. The number of nitriles is 1. The van der Waals surface area contributed by atoms with E-state index in [1.54, 1.807) is 18.2 Å². The molecule has 0 aliphatic heterocycles. The van der Waals surface area contributed by atoms with Crippen molar-refractivity contribution in [3.05, 3.63) is 53.3 Å². The van der Waals surface area contributed by atoms with Crippen molar-refractivity contribution in [3.8, 4) is 6.07 Å². The van der Waals surface area contributed by atoms with Crippen molar-refractivity contribution >= 4 is 23.0 Å². The van der Waals surface area contributed by atoms with E-state index in [0.717, 1.165) is 0 Å². The summed E-state index contributed by atoms with van der Waals surface area (Å²) in [6.07, 6.45) is 0. The first-order valence-electron chi connectivity index (χ1n) is 6.13. The number of nitrogens with two attached hydrogens (primary N) is 1. The third-order valence-electron chi connectivity index (χ3n) is 2.91. The highest BCUT2D eigenvalue weighted by Crippen LogP contribution is 2.25. The molecule has 0 radical (unpaired) electrons. The number of nitrogen functional groups attached to an aromatic ring is 1. The van der Waals surface area contributed by atoms with Gasteiger partial charge in [-0.2, -0.15) is 5.26 Å². The van der Waals surface area contributed by atoms with Crippen LogP contribution in [-0.4, -0.2) is 13.0 Å². The molecule has 1 amide bonds. The molecular formula is C15H13FN4O. The average molecular weight is 284 g/mol. The third kappa shape index (κ3) is 3.09. The summed E-state index contributed by atoms with van der Waals surface area (Å²) < 4.78 is 13.2. The minimum atomic E-state index is -0.578. The molecule has 4 N–H and O–H groups in total. The molecule has 0 aliphatic rings. The quantitative estimate of drug-likeness (QED) is 0.755. The van der Waals surface area contributed by atoms with E-state index in [1.807, 2.05) is 0 Å². The van der Waals surface area contributed by atoms with Gasteiger partial charge in [0.05, 0.1) is 16.9 Å². The van der Waals surface area contributed by atoms with Crippen molar-refractivity contribution in [2.45, 2.75) is 0 Å². The van der Waals surface area contributed by atoms with Crippen LogP contribution in [0.5, 0.6) is 0 Å². The maximum Gasteiger partial charge on any atom is 0.251 e. The maximum absolute atomic E-state index is 13.2. The topological polar surface area (TPSA) is 90.9 Å². The van der Waals surface area contributed by atoms with Crippen LogP contribution in [0.4, 0.5) is 21.5 Å². The van der Waals surface area contributed by atoms with Crippen LogP contribution in [0, 0.1) is 17.1 Å². The fourth-order valence-corrected chi connectivity index (χ4v) is 1.81. The molecule has 0 saturated carbocycles. The van der Waals surface area contributed by atoms with Crippen LogP contribution in [0.2, 0.25) is 0 Å². The average Bonchev–Trinajstić information content (AvgIpc) is 2.50. The molecule has 106 valence electrons. The van der Waals surface area contributed by atoms with Gasteiger partial charge in [0.15, 0.2) is 0 Å². The Morgan fingerprint density at radius 2 is 2.05 bits per heavy atom. The molecule has 0 spiro atoms. The van der Waals surface area contributed by atoms with E-state index in [2.05, 4.69) is 10.6 Å². The van der Waals surface area contributed by atoms with E-state index in [-0.39, 0.29) is 11.5 Å². The Balaban J connectivity index is 2.28. The normalized spacial score (nSPS) is 9.76. The molecule has 0 atom stereocenters. The smallest absolute Gasteiger partial charge is 0.251 e. The van der Waals surface area contributed by atoms with E-state index >= 15 is 0 Å². The molecule has 0 heterocycles. The van der Waals surface area contributed by atoms with E-state index in [1.165, 1.54) is 31.3 Å². The predicted octanol–water partition coefficient (Wildman–Crippen LogP) is 2.38. The number of nitrogens with one attached hydrogen (secondary N) is 2.